The molecule has 0 heterocycles. The number of hydrogen-bond acceptors (Lipinski definition) is 1. The van der Waals surface area contributed by atoms with Crippen molar-refractivity contribution in [3.63, 3.8) is 0 Å². The van der Waals surface area contributed by atoms with E-state index in [1.54, 1.807) is 0 Å². The minimum atomic E-state index is -0.0496. The van der Waals surface area contributed by atoms with E-state index < -0.39 is 0 Å². The standard InChI is InChI=1S/C14H21N/c1-3-11(2)10-14(15)9-8-12-6-4-5-7-13(12)14/h4-7,11H,3,8-10,15H2,1-2H3. The number of fused-ring (bicyclic) bond motifs is 1. The van der Waals surface area contributed by atoms with E-state index in [1.807, 2.05) is 0 Å². The van der Waals surface area contributed by atoms with Crippen LogP contribution in [0, 0.1) is 5.92 Å². The smallest absolute Gasteiger partial charge is 0.0418 e. The molecule has 1 aliphatic carbocycles. The van der Waals surface area contributed by atoms with E-state index in [2.05, 4.69) is 38.1 Å². The van der Waals surface area contributed by atoms with Gasteiger partial charge in [-0.3, -0.25) is 0 Å². The Kier molecular flexibility index (Phi) is 2.83. The summed E-state index contributed by atoms with van der Waals surface area (Å²) in [4.78, 5) is 0. The molecular formula is C14H21N. The second-order valence-electron chi connectivity index (χ2n) is 5.03. The molecule has 0 spiro atoms. The number of benzene rings is 1. The molecule has 1 aromatic rings. The monoisotopic (exact) mass is 203 g/mol. The average Bonchev–Trinajstić information content (AvgIpc) is 2.57. The molecule has 0 bridgehead atoms. The molecule has 15 heavy (non-hydrogen) atoms. The number of hydrogen-bond donors (Lipinski definition) is 1. The molecule has 0 saturated carbocycles. The SMILES string of the molecule is CCC(C)CC1(N)CCc2ccccc21. The van der Waals surface area contributed by atoms with Crippen LogP contribution in [0.3, 0.4) is 0 Å². The largest absolute Gasteiger partial charge is 0.321 e. The van der Waals surface area contributed by atoms with Gasteiger partial charge < -0.3 is 5.73 Å². The third-order valence-electron chi connectivity index (χ3n) is 3.80. The van der Waals surface area contributed by atoms with Crippen molar-refractivity contribution in [3.8, 4) is 0 Å². The first-order valence-electron chi connectivity index (χ1n) is 6.03. The van der Waals surface area contributed by atoms with Gasteiger partial charge in [0.15, 0.2) is 0 Å². The molecule has 2 N–H and O–H groups in total. The molecule has 82 valence electrons. The molecule has 0 radical (unpaired) electrons. The molecule has 0 aliphatic heterocycles. The second kappa shape index (κ2) is 3.97. The van der Waals surface area contributed by atoms with E-state index >= 15 is 0 Å². The van der Waals surface area contributed by atoms with Crippen LogP contribution in [0.15, 0.2) is 24.3 Å². The summed E-state index contributed by atoms with van der Waals surface area (Å²) in [6.45, 7) is 4.55. The van der Waals surface area contributed by atoms with E-state index in [0.29, 0.717) is 0 Å². The van der Waals surface area contributed by atoms with Gasteiger partial charge in [0.2, 0.25) is 0 Å². The van der Waals surface area contributed by atoms with Gasteiger partial charge in [-0.25, -0.2) is 0 Å². The lowest BCUT2D eigenvalue weighted by Crippen LogP contribution is -2.35. The van der Waals surface area contributed by atoms with Crippen LogP contribution in [0.5, 0.6) is 0 Å². The quantitative estimate of drug-likeness (QED) is 0.802. The molecule has 2 unspecified atom stereocenters. The Balaban J connectivity index is 2.24. The van der Waals surface area contributed by atoms with Crippen LogP contribution in [-0.4, -0.2) is 0 Å². The first-order valence-corrected chi connectivity index (χ1v) is 6.03. The van der Waals surface area contributed by atoms with Gasteiger partial charge in [0.25, 0.3) is 0 Å². The predicted molar refractivity (Wildman–Crippen MR) is 64.7 cm³/mol. The first kappa shape index (κ1) is 10.7. The summed E-state index contributed by atoms with van der Waals surface area (Å²) in [5, 5.41) is 0. The summed E-state index contributed by atoms with van der Waals surface area (Å²) in [7, 11) is 0. The lowest BCUT2D eigenvalue weighted by Gasteiger charge is -2.28. The Bertz CT molecular complexity index is 345. The van der Waals surface area contributed by atoms with Gasteiger partial charge in [-0.05, 0) is 36.3 Å². The van der Waals surface area contributed by atoms with E-state index in [9.17, 15) is 0 Å². The second-order valence-corrected chi connectivity index (χ2v) is 5.03. The van der Waals surface area contributed by atoms with Crippen molar-refractivity contribution in [1.29, 1.82) is 0 Å². The molecule has 0 aromatic heterocycles. The Morgan fingerprint density at radius 2 is 2.13 bits per heavy atom. The third-order valence-corrected chi connectivity index (χ3v) is 3.80. The molecule has 2 atom stereocenters. The van der Waals surface area contributed by atoms with Crippen LogP contribution in [0.1, 0.15) is 44.2 Å². The normalized spacial score (nSPS) is 26.3. The van der Waals surface area contributed by atoms with E-state index in [-0.39, 0.29) is 5.54 Å². The third kappa shape index (κ3) is 1.93. The molecule has 1 aromatic carbocycles. The molecule has 0 amide bonds. The van der Waals surface area contributed by atoms with Crippen LogP contribution in [0.4, 0.5) is 0 Å². The van der Waals surface area contributed by atoms with Crippen molar-refractivity contribution in [2.45, 2.75) is 45.1 Å². The molecule has 2 rings (SSSR count). The summed E-state index contributed by atoms with van der Waals surface area (Å²) in [6.07, 6.45) is 4.63. The minimum Gasteiger partial charge on any atom is -0.321 e. The van der Waals surface area contributed by atoms with Gasteiger partial charge in [0.05, 0.1) is 0 Å². The fourth-order valence-corrected chi connectivity index (χ4v) is 2.69. The summed E-state index contributed by atoms with van der Waals surface area (Å²) < 4.78 is 0. The molecule has 0 saturated heterocycles. The van der Waals surface area contributed by atoms with Crippen LogP contribution in [-0.2, 0) is 12.0 Å². The van der Waals surface area contributed by atoms with Gasteiger partial charge in [-0.15, -0.1) is 0 Å². The maximum absolute atomic E-state index is 6.55. The minimum absolute atomic E-state index is 0.0496. The molecule has 0 fully saturated rings. The highest BCUT2D eigenvalue weighted by molar-refractivity contribution is 5.38. The molecule has 1 nitrogen and oxygen atoms in total. The summed E-state index contributed by atoms with van der Waals surface area (Å²) >= 11 is 0. The van der Waals surface area contributed by atoms with Crippen LogP contribution < -0.4 is 5.73 Å². The summed E-state index contributed by atoms with van der Waals surface area (Å²) in [5.41, 5.74) is 9.35. The fourth-order valence-electron chi connectivity index (χ4n) is 2.69. The zero-order chi connectivity index (χ0) is 10.9. The summed E-state index contributed by atoms with van der Waals surface area (Å²) in [6, 6.07) is 8.67. The Labute approximate surface area is 92.7 Å². The lowest BCUT2D eigenvalue weighted by atomic mass is 9.83. The number of rotatable bonds is 3. The van der Waals surface area contributed by atoms with Gasteiger partial charge in [-0.1, -0.05) is 44.5 Å². The zero-order valence-electron chi connectivity index (χ0n) is 9.79. The van der Waals surface area contributed by atoms with Crippen molar-refractivity contribution >= 4 is 0 Å². The zero-order valence-corrected chi connectivity index (χ0v) is 9.79. The van der Waals surface area contributed by atoms with Crippen LogP contribution in [0.2, 0.25) is 0 Å². The molecule has 1 heteroatoms. The Morgan fingerprint density at radius 1 is 1.40 bits per heavy atom. The Hall–Kier alpha value is -0.820. The fraction of sp³-hybridized carbons (Fsp3) is 0.571. The first-order chi connectivity index (χ1) is 7.15. The maximum atomic E-state index is 6.55. The molecule has 1 aliphatic rings. The van der Waals surface area contributed by atoms with Crippen LogP contribution >= 0.6 is 0 Å². The molecular weight excluding hydrogens is 182 g/mol. The average molecular weight is 203 g/mol. The van der Waals surface area contributed by atoms with Gasteiger partial charge in [-0.2, -0.15) is 0 Å². The van der Waals surface area contributed by atoms with E-state index in [4.69, 9.17) is 5.73 Å². The van der Waals surface area contributed by atoms with Gasteiger partial charge in [0, 0.05) is 5.54 Å². The van der Waals surface area contributed by atoms with Gasteiger partial charge in [0.1, 0.15) is 0 Å². The van der Waals surface area contributed by atoms with Crippen molar-refractivity contribution in [2.75, 3.05) is 0 Å². The Morgan fingerprint density at radius 3 is 2.87 bits per heavy atom. The van der Waals surface area contributed by atoms with Gasteiger partial charge >= 0.3 is 0 Å². The summed E-state index contributed by atoms with van der Waals surface area (Å²) in [5.74, 6) is 0.723. The van der Waals surface area contributed by atoms with Crippen molar-refractivity contribution < 1.29 is 0 Å². The number of nitrogens with two attached hydrogens (primary N) is 1. The topological polar surface area (TPSA) is 26.0 Å². The number of aryl methyl sites for hydroxylation is 1. The van der Waals surface area contributed by atoms with Crippen molar-refractivity contribution in [2.24, 2.45) is 11.7 Å². The lowest BCUT2D eigenvalue weighted by molar-refractivity contribution is 0.328. The highest BCUT2D eigenvalue weighted by Gasteiger charge is 2.35. The van der Waals surface area contributed by atoms with Crippen molar-refractivity contribution in [1.82, 2.24) is 0 Å². The van der Waals surface area contributed by atoms with Crippen LogP contribution in [0.25, 0.3) is 0 Å². The maximum Gasteiger partial charge on any atom is 0.0418 e. The highest BCUT2D eigenvalue weighted by atomic mass is 14.8. The van der Waals surface area contributed by atoms with E-state index in [1.165, 1.54) is 17.5 Å². The van der Waals surface area contributed by atoms with Crippen molar-refractivity contribution in [3.05, 3.63) is 35.4 Å². The predicted octanol–water partition coefficient (Wildman–Crippen LogP) is 3.22. The highest BCUT2D eigenvalue weighted by Crippen LogP contribution is 2.39. The van der Waals surface area contributed by atoms with E-state index in [0.717, 1.165) is 25.2 Å².